The van der Waals surface area contributed by atoms with E-state index in [0.29, 0.717) is 22.0 Å². The lowest BCUT2D eigenvalue weighted by atomic mass is 10.2. The van der Waals surface area contributed by atoms with Gasteiger partial charge in [-0.05, 0) is 25.0 Å². The largest absolute Gasteiger partial charge is 0.352 e. The van der Waals surface area contributed by atoms with Gasteiger partial charge in [-0.2, -0.15) is 10.2 Å². The standard InChI is InChI=1S/C20H21ClN6O2/c21-17-7-3-4-8-18(17)27-11-14(9-23-27)20(29)25-16-10-22-26(12-16)13-19(28)24-15-5-1-2-6-15/h3-4,7-12,15H,1-2,5-6,13H2,(H,24,28)(H,25,29). The Morgan fingerprint density at radius 1 is 1.10 bits per heavy atom. The minimum Gasteiger partial charge on any atom is -0.352 e. The van der Waals surface area contributed by atoms with E-state index in [0.717, 1.165) is 25.7 Å². The maximum atomic E-state index is 12.5. The molecule has 9 heteroatoms. The molecule has 0 saturated heterocycles. The summed E-state index contributed by atoms with van der Waals surface area (Å²) in [4.78, 5) is 24.6. The lowest BCUT2D eigenvalue weighted by molar-refractivity contribution is -0.122. The Hall–Kier alpha value is -3.13. The summed E-state index contributed by atoms with van der Waals surface area (Å²) in [5.74, 6) is -0.392. The van der Waals surface area contributed by atoms with Crippen LogP contribution in [0.1, 0.15) is 36.0 Å². The van der Waals surface area contributed by atoms with Crippen LogP contribution >= 0.6 is 11.6 Å². The Morgan fingerprint density at radius 3 is 2.69 bits per heavy atom. The Balaban J connectivity index is 1.36. The summed E-state index contributed by atoms with van der Waals surface area (Å²) >= 11 is 6.17. The van der Waals surface area contributed by atoms with Gasteiger partial charge in [-0.1, -0.05) is 36.6 Å². The van der Waals surface area contributed by atoms with Crippen molar-refractivity contribution in [2.75, 3.05) is 5.32 Å². The van der Waals surface area contributed by atoms with Gasteiger partial charge in [0.25, 0.3) is 5.91 Å². The molecule has 0 radical (unpaired) electrons. The van der Waals surface area contributed by atoms with E-state index in [-0.39, 0.29) is 24.4 Å². The molecule has 0 aliphatic heterocycles. The highest BCUT2D eigenvalue weighted by molar-refractivity contribution is 6.32. The highest BCUT2D eigenvalue weighted by atomic mass is 35.5. The van der Waals surface area contributed by atoms with Crippen LogP contribution < -0.4 is 10.6 Å². The van der Waals surface area contributed by atoms with Crippen LogP contribution in [0.25, 0.3) is 5.69 Å². The quantitative estimate of drug-likeness (QED) is 0.650. The molecule has 29 heavy (non-hydrogen) atoms. The average molecular weight is 413 g/mol. The van der Waals surface area contributed by atoms with Gasteiger partial charge in [-0.3, -0.25) is 14.3 Å². The second-order valence-electron chi connectivity index (χ2n) is 7.05. The SMILES string of the molecule is O=C(Cn1cc(NC(=O)c2cnn(-c3ccccc3Cl)c2)cn1)NC1CCCC1. The summed E-state index contributed by atoms with van der Waals surface area (Å²) in [5, 5.41) is 14.7. The molecular formula is C20H21ClN6O2. The first-order valence-electron chi connectivity index (χ1n) is 9.51. The maximum absolute atomic E-state index is 12.5. The molecule has 0 bridgehead atoms. The van der Waals surface area contributed by atoms with E-state index < -0.39 is 0 Å². The molecule has 2 aromatic heterocycles. The Morgan fingerprint density at radius 2 is 1.90 bits per heavy atom. The number of carbonyl (C=O) groups excluding carboxylic acids is 2. The van der Waals surface area contributed by atoms with Crippen LogP contribution in [-0.2, 0) is 11.3 Å². The molecular weight excluding hydrogens is 392 g/mol. The molecule has 8 nitrogen and oxygen atoms in total. The van der Waals surface area contributed by atoms with Crippen molar-refractivity contribution in [2.45, 2.75) is 38.3 Å². The molecule has 0 spiro atoms. The van der Waals surface area contributed by atoms with Gasteiger partial charge >= 0.3 is 0 Å². The molecule has 3 aromatic rings. The molecule has 1 aromatic carbocycles. The lowest BCUT2D eigenvalue weighted by Gasteiger charge is -2.11. The fourth-order valence-electron chi connectivity index (χ4n) is 3.42. The molecule has 4 rings (SSSR count). The van der Waals surface area contributed by atoms with Crippen LogP contribution in [0, 0.1) is 0 Å². The number of nitrogens with one attached hydrogen (secondary N) is 2. The number of hydrogen-bond donors (Lipinski definition) is 2. The third-order valence-corrected chi connectivity index (χ3v) is 5.18. The van der Waals surface area contributed by atoms with Crippen molar-refractivity contribution >= 4 is 29.1 Å². The molecule has 0 unspecified atom stereocenters. The van der Waals surface area contributed by atoms with Crippen LogP contribution in [-0.4, -0.2) is 37.4 Å². The smallest absolute Gasteiger partial charge is 0.258 e. The maximum Gasteiger partial charge on any atom is 0.258 e. The third-order valence-electron chi connectivity index (χ3n) is 4.86. The molecule has 1 aliphatic carbocycles. The van der Waals surface area contributed by atoms with Gasteiger partial charge in [0.15, 0.2) is 0 Å². The normalized spacial score (nSPS) is 14.1. The van der Waals surface area contributed by atoms with Gasteiger partial charge < -0.3 is 10.6 Å². The second kappa shape index (κ2) is 8.48. The zero-order chi connectivity index (χ0) is 20.2. The van der Waals surface area contributed by atoms with Crippen molar-refractivity contribution in [2.24, 2.45) is 0 Å². The minimum atomic E-state index is -0.321. The van der Waals surface area contributed by atoms with E-state index in [4.69, 9.17) is 11.6 Å². The van der Waals surface area contributed by atoms with Crippen molar-refractivity contribution in [3.05, 3.63) is 59.6 Å². The number of carbonyl (C=O) groups is 2. The van der Waals surface area contributed by atoms with Crippen LogP contribution in [0.5, 0.6) is 0 Å². The summed E-state index contributed by atoms with van der Waals surface area (Å²) in [5.41, 5.74) is 1.58. The lowest BCUT2D eigenvalue weighted by Crippen LogP contribution is -2.35. The number of para-hydroxylation sites is 1. The minimum absolute atomic E-state index is 0.0705. The number of aromatic nitrogens is 4. The first-order chi connectivity index (χ1) is 14.1. The fraction of sp³-hybridized carbons (Fsp3) is 0.300. The first kappa shape index (κ1) is 19.2. The second-order valence-corrected chi connectivity index (χ2v) is 7.46. The van der Waals surface area contributed by atoms with Crippen LogP contribution in [0.2, 0.25) is 5.02 Å². The molecule has 2 amide bonds. The molecule has 1 fully saturated rings. The van der Waals surface area contributed by atoms with Gasteiger partial charge in [0, 0.05) is 18.4 Å². The van der Waals surface area contributed by atoms with Crippen molar-refractivity contribution in [3.8, 4) is 5.69 Å². The van der Waals surface area contributed by atoms with Crippen molar-refractivity contribution in [3.63, 3.8) is 0 Å². The number of amides is 2. The predicted octanol–water partition coefficient (Wildman–Crippen LogP) is 3.03. The van der Waals surface area contributed by atoms with E-state index in [9.17, 15) is 9.59 Å². The van der Waals surface area contributed by atoms with E-state index in [1.165, 1.54) is 17.1 Å². The van der Waals surface area contributed by atoms with E-state index >= 15 is 0 Å². The number of anilines is 1. The molecule has 150 valence electrons. The number of rotatable bonds is 6. The number of benzene rings is 1. The highest BCUT2D eigenvalue weighted by Gasteiger charge is 2.17. The van der Waals surface area contributed by atoms with Gasteiger partial charge in [0.1, 0.15) is 6.54 Å². The summed E-state index contributed by atoms with van der Waals surface area (Å²) in [6.45, 7) is 0.122. The molecule has 1 aliphatic rings. The van der Waals surface area contributed by atoms with Crippen molar-refractivity contribution < 1.29 is 9.59 Å². The summed E-state index contributed by atoms with van der Waals surface area (Å²) in [6, 6.07) is 7.52. The predicted molar refractivity (Wildman–Crippen MR) is 109 cm³/mol. The number of hydrogen-bond acceptors (Lipinski definition) is 4. The van der Waals surface area contributed by atoms with Gasteiger partial charge in [0.2, 0.25) is 5.91 Å². The van der Waals surface area contributed by atoms with Crippen LogP contribution in [0.15, 0.2) is 49.1 Å². The van der Waals surface area contributed by atoms with Gasteiger partial charge in [0.05, 0.1) is 34.4 Å². The van der Waals surface area contributed by atoms with Crippen molar-refractivity contribution in [1.29, 1.82) is 0 Å². The van der Waals surface area contributed by atoms with Crippen LogP contribution in [0.3, 0.4) is 0 Å². The molecule has 0 atom stereocenters. The summed E-state index contributed by atoms with van der Waals surface area (Å²) in [7, 11) is 0. The molecule has 2 N–H and O–H groups in total. The topological polar surface area (TPSA) is 93.8 Å². The Kier molecular flexibility index (Phi) is 5.62. The Labute approximate surface area is 172 Å². The van der Waals surface area contributed by atoms with Crippen molar-refractivity contribution in [1.82, 2.24) is 24.9 Å². The summed E-state index contributed by atoms with van der Waals surface area (Å²) in [6.07, 6.45) is 10.6. The van der Waals surface area contributed by atoms with E-state index in [1.54, 1.807) is 23.1 Å². The average Bonchev–Trinajstić information content (AvgIpc) is 3.44. The summed E-state index contributed by atoms with van der Waals surface area (Å²) < 4.78 is 3.06. The third kappa shape index (κ3) is 4.65. The first-order valence-corrected chi connectivity index (χ1v) is 9.89. The molecule has 1 saturated carbocycles. The zero-order valence-corrected chi connectivity index (χ0v) is 16.5. The molecule has 2 heterocycles. The fourth-order valence-corrected chi connectivity index (χ4v) is 3.64. The van der Waals surface area contributed by atoms with Gasteiger partial charge in [-0.25, -0.2) is 4.68 Å². The monoisotopic (exact) mass is 412 g/mol. The number of nitrogens with zero attached hydrogens (tertiary/aromatic N) is 4. The van der Waals surface area contributed by atoms with E-state index in [2.05, 4.69) is 20.8 Å². The highest BCUT2D eigenvalue weighted by Crippen LogP contribution is 2.20. The zero-order valence-electron chi connectivity index (χ0n) is 15.7. The Bertz CT molecular complexity index is 1020. The van der Waals surface area contributed by atoms with E-state index in [1.807, 2.05) is 18.2 Å². The van der Waals surface area contributed by atoms with Gasteiger partial charge in [-0.15, -0.1) is 0 Å². The van der Waals surface area contributed by atoms with Crippen LogP contribution in [0.4, 0.5) is 5.69 Å². The number of halogens is 1.